The van der Waals surface area contributed by atoms with Crippen molar-refractivity contribution in [3.63, 3.8) is 0 Å². The highest BCUT2D eigenvalue weighted by atomic mass is 32.2. The van der Waals surface area contributed by atoms with Crippen molar-refractivity contribution in [2.45, 2.75) is 83.3 Å². The molecule has 0 aromatic heterocycles. The van der Waals surface area contributed by atoms with Crippen molar-refractivity contribution < 1.29 is 14.4 Å². The largest absolute Gasteiger partial charge is 0.312 e. The first-order chi connectivity index (χ1) is 14.2. The monoisotopic (exact) mass is 427 g/mol. The molecule has 1 heterocycles. The fourth-order valence-corrected chi connectivity index (χ4v) is 5.15. The summed E-state index contributed by atoms with van der Waals surface area (Å²) in [7, 11) is 5.41. The van der Waals surface area contributed by atoms with Gasteiger partial charge < -0.3 is 4.79 Å². The van der Waals surface area contributed by atoms with Crippen LogP contribution in [0.3, 0.4) is 0 Å². The number of hydrogen-bond acceptors (Lipinski definition) is 4. The van der Waals surface area contributed by atoms with Crippen LogP contribution in [-0.2, 0) is 19.8 Å². The maximum Gasteiger partial charge on any atom is 0.247 e. The molecule has 30 heavy (non-hydrogen) atoms. The van der Waals surface area contributed by atoms with Crippen LogP contribution in [0.15, 0.2) is 24.3 Å². The van der Waals surface area contributed by atoms with Crippen molar-refractivity contribution in [2.75, 3.05) is 10.7 Å². The van der Waals surface area contributed by atoms with E-state index in [0.717, 1.165) is 17.7 Å². The predicted octanol–water partition coefficient (Wildman–Crippen LogP) is 5.02. The van der Waals surface area contributed by atoms with Crippen LogP contribution in [0.1, 0.15) is 78.2 Å². The van der Waals surface area contributed by atoms with Gasteiger partial charge in [-0.1, -0.05) is 65.5 Å². The van der Waals surface area contributed by atoms with E-state index in [2.05, 4.69) is 20.8 Å². The Bertz CT molecular complexity index is 747. The Balaban J connectivity index is 1.98. The van der Waals surface area contributed by atoms with Crippen LogP contribution in [0, 0.1) is 5.92 Å². The molecule has 2 unspecified atom stereocenters. The Labute approximate surface area is 187 Å². The number of unbranched alkanes of at least 4 members (excludes halogenated alkanes) is 4. The number of benzene rings is 1. The summed E-state index contributed by atoms with van der Waals surface area (Å²) in [5.74, 6) is 0.471. The van der Waals surface area contributed by atoms with Gasteiger partial charge in [-0.05, 0) is 41.7 Å². The summed E-state index contributed by atoms with van der Waals surface area (Å²) < 4.78 is 0. The minimum Gasteiger partial charge on any atom is -0.312 e. The molecule has 1 aromatic rings. The van der Waals surface area contributed by atoms with Gasteiger partial charge in [-0.15, -0.1) is 11.8 Å². The molecule has 2 rings (SSSR count). The van der Waals surface area contributed by atoms with E-state index >= 15 is 0 Å². The summed E-state index contributed by atoms with van der Waals surface area (Å²) in [5.41, 5.74) is 1.14. The Hall–Kier alpha value is -1.56. The number of hydrogen-bond donors (Lipinski definition) is 0. The molecule has 6 heteroatoms. The minimum absolute atomic E-state index is 0.104. The van der Waals surface area contributed by atoms with Gasteiger partial charge in [0.25, 0.3) is 0 Å². The Morgan fingerprint density at radius 3 is 2.40 bits per heavy atom. The van der Waals surface area contributed by atoms with E-state index in [-0.39, 0.29) is 40.5 Å². The highest BCUT2D eigenvalue weighted by Gasteiger charge is 2.39. The number of nitrogens with zero attached hydrogens (tertiary/aromatic N) is 1. The van der Waals surface area contributed by atoms with E-state index < -0.39 is 0 Å². The number of amides is 2. The Kier molecular flexibility index (Phi) is 9.20. The number of thioether (sulfide) groups is 1. The van der Waals surface area contributed by atoms with Crippen molar-refractivity contribution in [3.05, 3.63) is 29.8 Å². The first kappa shape index (κ1) is 24.7. The van der Waals surface area contributed by atoms with E-state index in [4.69, 9.17) is 7.85 Å². The number of anilines is 1. The highest BCUT2D eigenvalue weighted by molar-refractivity contribution is 8.00. The van der Waals surface area contributed by atoms with E-state index in [1.165, 1.54) is 30.6 Å². The molecule has 1 fully saturated rings. The molecule has 1 aromatic carbocycles. The summed E-state index contributed by atoms with van der Waals surface area (Å²) in [4.78, 5) is 38.1. The van der Waals surface area contributed by atoms with Crippen molar-refractivity contribution in [3.8, 4) is 0 Å². The molecule has 0 spiro atoms. The maximum absolute atomic E-state index is 12.8. The van der Waals surface area contributed by atoms with Crippen LogP contribution in [0.2, 0.25) is 0 Å². The maximum atomic E-state index is 12.8. The van der Waals surface area contributed by atoms with Gasteiger partial charge >= 0.3 is 0 Å². The molecule has 0 N–H and O–H groups in total. The van der Waals surface area contributed by atoms with Crippen molar-refractivity contribution >= 4 is 42.8 Å². The molecule has 4 nitrogen and oxygen atoms in total. The average Bonchev–Trinajstić information content (AvgIpc) is 2.97. The summed E-state index contributed by atoms with van der Waals surface area (Å²) in [5, 5.41) is -0.267. The fraction of sp³-hybridized carbons (Fsp3) is 0.625. The molecular formula is C24H34BNO3S. The Morgan fingerprint density at radius 2 is 1.80 bits per heavy atom. The third-order valence-electron chi connectivity index (χ3n) is 5.88. The lowest BCUT2D eigenvalue weighted by Crippen LogP contribution is -2.31. The number of imide groups is 1. The second-order valence-corrected chi connectivity index (χ2v) is 10.3. The highest BCUT2D eigenvalue weighted by Crippen LogP contribution is 2.34. The van der Waals surface area contributed by atoms with Crippen molar-refractivity contribution in [1.29, 1.82) is 0 Å². The molecule has 2 amide bonds. The quantitative estimate of drug-likeness (QED) is 0.267. The predicted molar refractivity (Wildman–Crippen MR) is 126 cm³/mol. The first-order valence-corrected chi connectivity index (χ1v) is 12.1. The summed E-state index contributed by atoms with van der Waals surface area (Å²) in [6.45, 7) is 8.17. The average molecular weight is 427 g/mol. The van der Waals surface area contributed by atoms with Gasteiger partial charge in [-0.3, -0.25) is 9.59 Å². The van der Waals surface area contributed by atoms with Gasteiger partial charge in [-0.2, -0.15) is 0 Å². The topological polar surface area (TPSA) is 54.5 Å². The zero-order valence-electron chi connectivity index (χ0n) is 18.8. The lowest BCUT2D eigenvalue weighted by Gasteiger charge is -2.28. The van der Waals surface area contributed by atoms with Crippen LogP contribution in [0.4, 0.5) is 5.69 Å². The van der Waals surface area contributed by atoms with E-state index in [1.54, 1.807) is 11.8 Å². The van der Waals surface area contributed by atoms with Crippen molar-refractivity contribution in [1.82, 2.24) is 0 Å². The molecule has 1 aliphatic rings. The molecule has 1 aliphatic heterocycles. The van der Waals surface area contributed by atoms with Crippen molar-refractivity contribution in [2.24, 2.45) is 5.92 Å². The minimum atomic E-state index is -0.304. The molecule has 2 radical (unpaired) electrons. The van der Waals surface area contributed by atoms with Gasteiger partial charge in [0.1, 0.15) is 0 Å². The molecule has 2 atom stereocenters. The number of rotatable bonds is 12. The second-order valence-electron chi connectivity index (χ2n) is 8.98. The molecule has 162 valence electrons. The Morgan fingerprint density at radius 1 is 1.17 bits per heavy atom. The number of carbonyl (C=O) groups excluding carboxylic acids is 3. The standard InChI is InChI=1S/C24H34BNO3S/c1-5-6-7-8-9-14-30-20-15-21(27)26(23(20)29)19-12-10-18(11-13-19)24(3,4)16-17(2)22(25)28/h10-13,17,20H,5-9,14-16H2,1-4H3. The summed E-state index contributed by atoms with van der Waals surface area (Å²) in [6, 6.07) is 7.55. The fourth-order valence-electron chi connectivity index (χ4n) is 3.98. The zero-order valence-corrected chi connectivity index (χ0v) is 19.6. The normalized spacial score (nSPS) is 18.1. The van der Waals surface area contributed by atoms with Gasteiger partial charge in [0.05, 0.1) is 16.6 Å². The van der Waals surface area contributed by atoms with Crippen LogP contribution in [0.5, 0.6) is 0 Å². The van der Waals surface area contributed by atoms with E-state index in [0.29, 0.717) is 12.1 Å². The third-order valence-corrected chi connectivity index (χ3v) is 7.18. The van der Waals surface area contributed by atoms with E-state index in [9.17, 15) is 14.4 Å². The first-order valence-electron chi connectivity index (χ1n) is 11.1. The smallest absolute Gasteiger partial charge is 0.247 e. The van der Waals surface area contributed by atoms with Crippen LogP contribution >= 0.6 is 11.8 Å². The summed E-state index contributed by atoms with van der Waals surface area (Å²) >= 11 is 1.61. The molecular weight excluding hydrogens is 393 g/mol. The molecule has 0 bridgehead atoms. The molecule has 1 saturated heterocycles. The van der Waals surface area contributed by atoms with E-state index in [1.807, 2.05) is 31.2 Å². The molecule has 0 saturated carbocycles. The van der Waals surface area contributed by atoms with Gasteiger partial charge in [0.2, 0.25) is 11.8 Å². The number of carbonyl (C=O) groups is 3. The van der Waals surface area contributed by atoms with Gasteiger partial charge in [0, 0.05) is 12.3 Å². The lowest BCUT2D eigenvalue weighted by atomic mass is 9.74. The van der Waals surface area contributed by atoms with Gasteiger partial charge in [0.15, 0.2) is 7.85 Å². The van der Waals surface area contributed by atoms with Gasteiger partial charge in [-0.25, -0.2) is 4.90 Å². The zero-order chi connectivity index (χ0) is 22.3. The molecule has 0 aliphatic carbocycles. The third kappa shape index (κ3) is 6.47. The van der Waals surface area contributed by atoms with Crippen LogP contribution < -0.4 is 4.90 Å². The van der Waals surface area contributed by atoms with Crippen LogP contribution in [-0.4, -0.2) is 36.3 Å². The van der Waals surface area contributed by atoms with Crippen LogP contribution in [0.25, 0.3) is 0 Å². The summed E-state index contributed by atoms with van der Waals surface area (Å²) in [6.07, 6.45) is 6.91. The lowest BCUT2D eigenvalue weighted by molar-refractivity contribution is -0.121. The second kappa shape index (κ2) is 11.2. The SMILES string of the molecule is [B]C(=O)C(C)CC(C)(C)c1ccc(N2C(=O)CC(SCCCCCCC)C2=O)cc1.